The number of aromatic nitrogens is 1. The Morgan fingerprint density at radius 1 is 1.03 bits per heavy atom. The van der Waals surface area contributed by atoms with Crippen molar-refractivity contribution in [2.24, 2.45) is 5.92 Å². The van der Waals surface area contributed by atoms with Crippen molar-refractivity contribution in [3.8, 4) is 0 Å². The van der Waals surface area contributed by atoms with E-state index >= 15 is 0 Å². The van der Waals surface area contributed by atoms with Crippen molar-refractivity contribution in [2.45, 2.75) is 42.3 Å². The molecule has 3 aromatic rings. The lowest BCUT2D eigenvalue weighted by Gasteiger charge is -2.40. The van der Waals surface area contributed by atoms with Crippen molar-refractivity contribution in [1.29, 1.82) is 0 Å². The van der Waals surface area contributed by atoms with Crippen LogP contribution < -0.4 is 4.90 Å². The number of anilines is 1. The Balaban J connectivity index is 1.60. The molecule has 1 aliphatic heterocycles. The van der Waals surface area contributed by atoms with Gasteiger partial charge in [-0.1, -0.05) is 18.2 Å². The van der Waals surface area contributed by atoms with Gasteiger partial charge in [0.1, 0.15) is 5.60 Å². The number of alkyl halides is 3. The van der Waals surface area contributed by atoms with E-state index in [1.807, 2.05) is 11.0 Å². The van der Waals surface area contributed by atoms with Crippen molar-refractivity contribution in [3.05, 3.63) is 60.3 Å². The van der Waals surface area contributed by atoms with Gasteiger partial charge in [0.15, 0.2) is 0 Å². The summed E-state index contributed by atoms with van der Waals surface area (Å²) in [6.45, 7) is 6.31. The molecule has 0 amide bonds. The number of ether oxygens (including phenoxy) is 1. The lowest BCUT2D eigenvalue weighted by molar-refractivity contribution is -0.160. The fraction of sp³-hybridized carbons (Fsp3) is 0.333. The van der Waals surface area contributed by atoms with Crippen molar-refractivity contribution >= 4 is 32.4 Å². The predicted molar refractivity (Wildman–Crippen MR) is 120 cm³/mol. The highest BCUT2D eigenvalue weighted by Crippen LogP contribution is 2.35. The molecule has 2 aromatic carbocycles. The summed E-state index contributed by atoms with van der Waals surface area (Å²) >= 11 is 0. The van der Waals surface area contributed by atoms with E-state index in [2.05, 4.69) is 4.98 Å². The van der Waals surface area contributed by atoms with E-state index in [0.717, 1.165) is 30.1 Å². The highest BCUT2D eigenvalue weighted by molar-refractivity contribution is 7.91. The molecule has 0 unspecified atom stereocenters. The fourth-order valence-corrected chi connectivity index (χ4v) is 5.00. The Bertz CT molecular complexity index is 1360. The number of halogens is 3. The number of benzene rings is 2. The number of nitrogens with zero attached hydrogens (tertiary/aromatic N) is 2. The summed E-state index contributed by atoms with van der Waals surface area (Å²) in [4.78, 5) is 17.9. The molecule has 4 rings (SSSR count). The number of esters is 1. The van der Waals surface area contributed by atoms with Crippen LogP contribution in [0.1, 0.15) is 26.3 Å². The zero-order valence-electron chi connectivity index (χ0n) is 18.8. The summed E-state index contributed by atoms with van der Waals surface area (Å²) in [7, 11) is -4.21. The normalized spacial score (nSPS) is 15.3. The van der Waals surface area contributed by atoms with Gasteiger partial charge in [-0.05, 0) is 51.1 Å². The SMILES string of the molecule is CC(C)(C)OC(=O)C1CN(c2cccc3cc(S(=O)(=O)c4cccc(C(F)(F)F)c4)cnc23)C1. The Hall–Kier alpha value is -3.14. The predicted octanol–water partition coefficient (Wildman–Crippen LogP) is 4.86. The molecule has 0 radical (unpaired) electrons. The minimum atomic E-state index is -4.66. The molecule has 1 saturated heterocycles. The number of hydrogen-bond donors (Lipinski definition) is 0. The first-order valence-electron chi connectivity index (χ1n) is 10.5. The number of pyridine rings is 1. The van der Waals surface area contributed by atoms with Gasteiger partial charge >= 0.3 is 12.1 Å². The van der Waals surface area contributed by atoms with Gasteiger partial charge in [-0.2, -0.15) is 13.2 Å². The molecule has 10 heteroatoms. The highest BCUT2D eigenvalue weighted by atomic mass is 32.2. The zero-order chi connectivity index (χ0) is 24.9. The molecule has 34 heavy (non-hydrogen) atoms. The lowest BCUT2D eigenvalue weighted by atomic mass is 9.98. The van der Waals surface area contributed by atoms with Crippen LogP contribution >= 0.6 is 0 Å². The first-order chi connectivity index (χ1) is 15.8. The van der Waals surface area contributed by atoms with Crippen LogP contribution in [-0.2, 0) is 25.5 Å². The summed E-state index contributed by atoms with van der Waals surface area (Å²) in [5, 5.41) is 0.520. The minimum absolute atomic E-state index is 0.202. The molecule has 0 bridgehead atoms. The highest BCUT2D eigenvalue weighted by Gasteiger charge is 2.37. The van der Waals surface area contributed by atoms with Crippen LogP contribution in [0.2, 0.25) is 0 Å². The van der Waals surface area contributed by atoms with E-state index in [0.29, 0.717) is 30.1 Å². The molecule has 1 aromatic heterocycles. The van der Waals surface area contributed by atoms with Gasteiger partial charge in [0.05, 0.1) is 32.5 Å². The van der Waals surface area contributed by atoms with Crippen molar-refractivity contribution < 1.29 is 31.1 Å². The average Bonchev–Trinajstić information content (AvgIpc) is 2.70. The van der Waals surface area contributed by atoms with Crippen molar-refractivity contribution in [3.63, 3.8) is 0 Å². The monoisotopic (exact) mass is 492 g/mol. The summed E-state index contributed by atoms with van der Waals surface area (Å²) in [5.41, 5.74) is -0.338. The van der Waals surface area contributed by atoms with E-state index in [4.69, 9.17) is 4.74 Å². The second-order valence-corrected chi connectivity index (χ2v) is 11.1. The summed E-state index contributed by atoms with van der Waals surface area (Å²) in [6, 6.07) is 10.3. The Morgan fingerprint density at radius 3 is 2.35 bits per heavy atom. The number of sulfone groups is 1. The molecule has 1 fully saturated rings. The first kappa shape index (κ1) is 24.0. The second kappa shape index (κ2) is 8.26. The Kier molecular flexibility index (Phi) is 5.83. The van der Waals surface area contributed by atoms with Crippen LogP contribution in [0.5, 0.6) is 0 Å². The maximum atomic E-state index is 13.0. The Morgan fingerprint density at radius 2 is 1.71 bits per heavy atom. The topological polar surface area (TPSA) is 76.6 Å². The molecular formula is C24H23F3N2O4S. The Labute approximate surface area is 195 Å². The number of hydrogen-bond acceptors (Lipinski definition) is 6. The van der Waals surface area contributed by atoms with E-state index in [-0.39, 0.29) is 16.8 Å². The molecule has 0 atom stereocenters. The summed E-state index contributed by atoms with van der Waals surface area (Å²) in [5.74, 6) is -0.540. The fourth-order valence-electron chi connectivity index (χ4n) is 3.71. The molecule has 0 N–H and O–H groups in total. The molecule has 0 saturated carbocycles. The third kappa shape index (κ3) is 4.72. The number of carbonyl (C=O) groups is 1. The molecule has 0 aliphatic carbocycles. The third-order valence-corrected chi connectivity index (χ3v) is 7.13. The number of para-hydroxylation sites is 1. The molecule has 180 valence electrons. The molecule has 0 spiro atoms. The number of rotatable bonds is 4. The molecule has 2 heterocycles. The number of carbonyl (C=O) groups excluding carboxylic acids is 1. The van der Waals surface area contributed by atoms with E-state index in [1.54, 1.807) is 32.9 Å². The third-order valence-electron chi connectivity index (χ3n) is 5.41. The van der Waals surface area contributed by atoms with Crippen LogP contribution in [0.25, 0.3) is 10.9 Å². The largest absolute Gasteiger partial charge is 0.460 e. The standard InChI is InChI=1S/C24H23F3N2O4S/c1-23(2,3)33-22(30)16-13-29(14-16)20-9-4-6-15-10-19(12-28-21(15)20)34(31,32)18-8-5-7-17(11-18)24(25,26)27/h4-12,16H,13-14H2,1-3H3. The maximum Gasteiger partial charge on any atom is 0.416 e. The van der Waals surface area contributed by atoms with Gasteiger partial charge in [0.2, 0.25) is 9.84 Å². The van der Waals surface area contributed by atoms with Gasteiger partial charge < -0.3 is 9.64 Å². The van der Waals surface area contributed by atoms with Crippen LogP contribution in [0.4, 0.5) is 18.9 Å². The van der Waals surface area contributed by atoms with Gasteiger partial charge in [-0.3, -0.25) is 9.78 Å². The van der Waals surface area contributed by atoms with Gasteiger partial charge in [-0.15, -0.1) is 0 Å². The smallest absolute Gasteiger partial charge is 0.416 e. The van der Waals surface area contributed by atoms with Crippen molar-refractivity contribution in [2.75, 3.05) is 18.0 Å². The molecular weight excluding hydrogens is 469 g/mol. The quantitative estimate of drug-likeness (QED) is 0.484. The van der Waals surface area contributed by atoms with E-state index in [9.17, 15) is 26.4 Å². The van der Waals surface area contributed by atoms with Gasteiger partial charge in [-0.25, -0.2) is 8.42 Å². The maximum absolute atomic E-state index is 13.0. The van der Waals surface area contributed by atoms with Crippen molar-refractivity contribution in [1.82, 2.24) is 4.98 Å². The molecule has 1 aliphatic rings. The lowest BCUT2D eigenvalue weighted by Crippen LogP contribution is -2.52. The van der Waals surface area contributed by atoms with Crippen LogP contribution in [0.15, 0.2) is 64.5 Å². The van der Waals surface area contributed by atoms with Crippen LogP contribution in [0.3, 0.4) is 0 Å². The van der Waals surface area contributed by atoms with Crippen LogP contribution in [-0.4, -0.2) is 38.1 Å². The summed E-state index contributed by atoms with van der Waals surface area (Å²) in [6.07, 6.45) is -3.51. The second-order valence-electron chi connectivity index (χ2n) is 9.18. The minimum Gasteiger partial charge on any atom is -0.460 e. The summed E-state index contributed by atoms with van der Waals surface area (Å²) < 4.78 is 70.6. The van der Waals surface area contributed by atoms with E-state index in [1.165, 1.54) is 6.07 Å². The van der Waals surface area contributed by atoms with E-state index < -0.39 is 32.1 Å². The number of fused-ring (bicyclic) bond motifs is 1. The first-order valence-corrected chi connectivity index (χ1v) is 12.0. The van der Waals surface area contributed by atoms with Crippen LogP contribution in [0, 0.1) is 5.92 Å². The van der Waals surface area contributed by atoms with Gasteiger partial charge in [0, 0.05) is 24.7 Å². The van der Waals surface area contributed by atoms with Gasteiger partial charge in [0.25, 0.3) is 0 Å². The average molecular weight is 493 g/mol. The zero-order valence-corrected chi connectivity index (χ0v) is 19.6. The molecule has 6 nitrogen and oxygen atoms in total.